The van der Waals surface area contributed by atoms with Crippen molar-refractivity contribution >= 4 is 35.1 Å². The minimum atomic E-state index is -1.02. The van der Waals surface area contributed by atoms with Gasteiger partial charge in [-0.2, -0.15) is 0 Å². The number of primary amides is 1. The molecule has 0 heterocycles. The van der Waals surface area contributed by atoms with E-state index in [-0.39, 0.29) is 18.6 Å². The third kappa shape index (κ3) is 4.88. The van der Waals surface area contributed by atoms with Gasteiger partial charge in [0.05, 0.1) is 10.6 Å². The molecule has 0 saturated carbocycles. The first-order valence-electron chi connectivity index (χ1n) is 8.66. The molecule has 0 bridgehead atoms. The number of carboxylic acids is 1. The lowest BCUT2D eigenvalue weighted by atomic mass is 9.99. The first kappa shape index (κ1) is 20.7. The van der Waals surface area contributed by atoms with E-state index in [1.807, 2.05) is 0 Å². The highest BCUT2D eigenvalue weighted by molar-refractivity contribution is 6.37. The number of hydrogen-bond acceptors (Lipinski definition) is 3. The van der Waals surface area contributed by atoms with E-state index in [0.29, 0.717) is 32.5 Å². The van der Waals surface area contributed by atoms with E-state index in [1.54, 1.807) is 54.6 Å². The molecule has 1 amide bonds. The third-order valence-electron chi connectivity index (χ3n) is 4.37. The maximum Gasteiger partial charge on any atom is 0.335 e. The van der Waals surface area contributed by atoms with Gasteiger partial charge < -0.3 is 15.6 Å². The minimum absolute atomic E-state index is 0.174. The van der Waals surface area contributed by atoms with Crippen molar-refractivity contribution in [2.24, 2.45) is 5.73 Å². The van der Waals surface area contributed by atoms with Gasteiger partial charge >= 0.3 is 5.97 Å². The number of amides is 1. The van der Waals surface area contributed by atoms with Crippen LogP contribution in [0.4, 0.5) is 0 Å². The van der Waals surface area contributed by atoms with Crippen LogP contribution in [0.1, 0.15) is 37.4 Å². The lowest BCUT2D eigenvalue weighted by molar-refractivity contribution is 0.0695. The van der Waals surface area contributed by atoms with Gasteiger partial charge in [0.25, 0.3) is 0 Å². The number of carbonyl (C=O) groups is 2. The molecule has 0 saturated heterocycles. The van der Waals surface area contributed by atoms with Crippen molar-refractivity contribution in [3.05, 3.63) is 98.5 Å². The number of benzene rings is 3. The molecule has 0 aromatic heterocycles. The molecule has 0 unspecified atom stereocenters. The molecule has 148 valence electrons. The number of carbonyl (C=O) groups excluding carboxylic acids is 1. The SMILES string of the molecule is NC(=O)c1cccc(COc2ccc(Cl)c(Cc3ccccc3C(=O)O)c2Cl)c1. The molecular formula is C22H17Cl2NO4. The average Bonchev–Trinajstić information content (AvgIpc) is 2.71. The standard InChI is InChI=1S/C22H17Cl2NO4/c23-18-8-9-19(29-12-13-4-3-6-15(10-13)21(25)26)20(24)17(18)11-14-5-1-2-7-16(14)22(27)28/h1-10H,11-12H2,(H2,25,26)(H,27,28). The normalized spacial score (nSPS) is 10.6. The number of nitrogens with two attached hydrogens (primary N) is 1. The Morgan fingerprint density at radius 1 is 1.00 bits per heavy atom. The van der Waals surface area contributed by atoms with Crippen LogP contribution in [0.2, 0.25) is 10.0 Å². The quantitative estimate of drug-likeness (QED) is 0.555. The van der Waals surface area contributed by atoms with Crippen molar-refractivity contribution in [3.8, 4) is 5.75 Å². The molecule has 29 heavy (non-hydrogen) atoms. The average molecular weight is 430 g/mol. The van der Waals surface area contributed by atoms with E-state index >= 15 is 0 Å². The van der Waals surface area contributed by atoms with Crippen LogP contribution in [0.15, 0.2) is 60.7 Å². The molecule has 0 atom stereocenters. The maximum atomic E-state index is 11.5. The summed E-state index contributed by atoms with van der Waals surface area (Å²) in [7, 11) is 0. The van der Waals surface area contributed by atoms with Crippen LogP contribution in [0.5, 0.6) is 5.75 Å². The summed E-state index contributed by atoms with van der Waals surface area (Å²) in [6.45, 7) is 0.174. The Morgan fingerprint density at radius 2 is 1.76 bits per heavy atom. The van der Waals surface area contributed by atoms with E-state index < -0.39 is 11.9 Å². The fourth-order valence-corrected chi connectivity index (χ4v) is 3.46. The molecule has 7 heteroatoms. The molecule has 0 aliphatic rings. The Kier molecular flexibility index (Phi) is 6.42. The lowest BCUT2D eigenvalue weighted by Crippen LogP contribution is -2.11. The van der Waals surface area contributed by atoms with Crippen molar-refractivity contribution < 1.29 is 19.4 Å². The summed E-state index contributed by atoms with van der Waals surface area (Å²) >= 11 is 12.8. The zero-order valence-corrected chi connectivity index (χ0v) is 16.7. The largest absolute Gasteiger partial charge is 0.487 e. The van der Waals surface area contributed by atoms with Crippen LogP contribution in [0.25, 0.3) is 0 Å². The van der Waals surface area contributed by atoms with Crippen molar-refractivity contribution in [1.29, 1.82) is 0 Å². The topological polar surface area (TPSA) is 89.6 Å². The summed E-state index contributed by atoms with van der Waals surface area (Å²) in [5.74, 6) is -1.13. The van der Waals surface area contributed by atoms with Crippen LogP contribution in [0.3, 0.4) is 0 Å². The second-order valence-electron chi connectivity index (χ2n) is 6.33. The predicted molar refractivity (Wildman–Crippen MR) is 112 cm³/mol. The van der Waals surface area contributed by atoms with Crippen LogP contribution < -0.4 is 10.5 Å². The summed E-state index contributed by atoms with van der Waals surface area (Å²) in [6, 6.07) is 16.8. The van der Waals surface area contributed by atoms with Crippen molar-refractivity contribution in [2.45, 2.75) is 13.0 Å². The van der Waals surface area contributed by atoms with Gasteiger partial charge in [0, 0.05) is 17.0 Å². The molecule has 3 aromatic rings. The van der Waals surface area contributed by atoms with Crippen LogP contribution in [-0.4, -0.2) is 17.0 Å². The second kappa shape index (κ2) is 8.99. The molecule has 0 spiro atoms. The Hall–Kier alpha value is -3.02. The van der Waals surface area contributed by atoms with Crippen molar-refractivity contribution in [1.82, 2.24) is 0 Å². The van der Waals surface area contributed by atoms with E-state index in [1.165, 1.54) is 6.07 Å². The fourth-order valence-electron chi connectivity index (χ4n) is 2.90. The van der Waals surface area contributed by atoms with Gasteiger partial charge in [0.15, 0.2) is 0 Å². The van der Waals surface area contributed by atoms with Crippen LogP contribution in [0, 0.1) is 0 Å². The second-order valence-corrected chi connectivity index (χ2v) is 7.12. The van der Waals surface area contributed by atoms with Gasteiger partial charge in [0.1, 0.15) is 12.4 Å². The van der Waals surface area contributed by atoms with Crippen LogP contribution >= 0.6 is 23.2 Å². The molecule has 0 radical (unpaired) electrons. The zero-order valence-electron chi connectivity index (χ0n) is 15.2. The van der Waals surface area contributed by atoms with Gasteiger partial charge in [0.2, 0.25) is 5.91 Å². The molecule has 0 aliphatic heterocycles. The molecule has 3 rings (SSSR count). The van der Waals surface area contributed by atoms with Crippen molar-refractivity contribution in [3.63, 3.8) is 0 Å². The number of carboxylic acid groups (broad SMARTS) is 1. The van der Waals surface area contributed by atoms with Gasteiger partial charge in [-0.1, -0.05) is 53.5 Å². The summed E-state index contributed by atoms with van der Waals surface area (Å²) in [5.41, 5.74) is 7.80. The molecule has 3 aromatic carbocycles. The monoisotopic (exact) mass is 429 g/mol. The van der Waals surface area contributed by atoms with Gasteiger partial charge in [-0.25, -0.2) is 4.79 Å². The summed E-state index contributed by atoms with van der Waals surface area (Å²) < 4.78 is 5.81. The Morgan fingerprint density at radius 3 is 2.48 bits per heavy atom. The Bertz CT molecular complexity index is 1080. The summed E-state index contributed by atoms with van der Waals surface area (Å²) in [4.78, 5) is 22.8. The fraction of sp³-hybridized carbons (Fsp3) is 0.0909. The van der Waals surface area contributed by atoms with E-state index in [9.17, 15) is 14.7 Å². The summed E-state index contributed by atoms with van der Waals surface area (Å²) in [5, 5.41) is 10.1. The molecular weight excluding hydrogens is 413 g/mol. The Labute approximate surface area is 177 Å². The number of halogens is 2. The third-order valence-corrected chi connectivity index (χ3v) is 5.14. The Balaban J connectivity index is 1.85. The van der Waals surface area contributed by atoms with Gasteiger partial charge in [-0.05, 0) is 47.0 Å². The zero-order chi connectivity index (χ0) is 21.0. The highest BCUT2D eigenvalue weighted by atomic mass is 35.5. The van der Waals surface area contributed by atoms with Crippen LogP contribution in [-0.2, 0) is 13.0 Å². The summed E-state index contributed by atoms with van der Waals surface area (Å²) in [6.07, 6.45) is 0.245. The highest BCUT2D eigenvalue weighted by Gasteiger charge is 2.16. The van der Waals surface area contributed by atoms with E-state index in [0.717, 1.165) is 5.56 Å². The smallest absolute Gasteiger partial charge is 0.335 e. The molecule has 3 N–H and O–H groups in total. The van der Waals surface area contributed by atoms with Gasteiger partial charge in [-0.15, -0.1) is 0 Å². The predicted octanol–water partition coefficient (Wildman–Crippen LogP) is 4.96. The van der Waals surface area contributed by atoms with E-state index in [4.69, 9.17) is 33.7 Å². The first-order valence-corrected chi connectivity index (χ1v) is 9.42. The maximum absolute atomic E-state index is 11.5. The number of ether oxygens (including phenoxy) is 1. The number of aromatic carboxylic acids is 1. The lowest BCUT2D eigenvalue weighted by Gasteiger charge is -2.14. The molecule has 0 fully saturated rings. The number of rotatable bonds is 7. The molecule has 5 nitrogen and oxygen atoms in total. The van der Waals surface area contributed by atoms with Gasteiger partial charge in [-0.3, -0.25) is 4.79 Å². The van der Waals surface area contributed by atoms with E-state index in [2.05, 4.69) is 0 Å². The first-order chi connectivity index (χ1) is 13.9. The molecule has 0 aliphatic carbocycles. The highest BCUT2D eigenvalue weighted by Crippen LogP contribution is 2.35. The van der Waals surface area contributed by atoms with Crippen molar-refractivity contribution in [2.75, 3.05) is 0 Å². The number of hydrogen-bond donors (Lipinski definition) is 2. The minimum Gasteiger partial charge on any atom is -0.487 e.